The van der Waals surface area contributed by atoms with Gasteiger partial charge in [-0.15, -0.1) is 0 Å². The van der Waals surface area contributed by atoms with E-state index in [0.29, 0.717) is 0 Å². The fraction of sp³-hybridized carbons (Fsp3) is 0.0769. The summed E-state index contributed by atoms with van der Waals surface area (Å²) in [7, 11) is 0. The lowest BCUT2D eigenvalue weighted by Gasteiger charge is -2.05. The molecule has 1 aromatic carbocycles. The van der Waals surface area contributed by atoms with Gasteiger partial charge in [0.25, 0.3) is 5.56 Å². The zero-order valence-electron chi connectivity index (χ0n) is 9.91. The molecule has 0 unspecified atom stereocenters. The molecule has 3 rings (SSSR count). The highest BCUT2D eigenvalue weighted by atomic mass is 16.2. The molecule has 0 aliphatic carbocycles. The monoisotopic (exact) mass is 254 g/mol. The zero-order chi connectivity index (χ0) is 13.2. The van der Waals surface area contributed by atoms with Crippen molar-refractivity contribution in [3.05, 3.63) is 69.1 Å². The number of benzene rings is 1. The van der Waals surface area contributed by atoms with Gasteiger partial charge in [-0.2, -0.15) is 0 Å². The van der Waals surface area contributed by atoms with Crippen molar-refractivity contribution in [1.29, 1.82) is 0 Å². The average molecular weight is 254 g/mol. The molecule has 2 heterocycles. The van der Waals surface area contributed by atoms with Crippen molar-refractivity contribution in [1.82, 2.24) is 19.5 Å². The Balaban J connectivity index is 2.19. The van der Waals surface area contributed by atoms with Gasteiger partial charge in [0, 0.05) is 12.4 Å². The number of hydrogen-bond donors (Lipinski definition) is 1. The quantitative estimate of drug-likeness (QED) is 0.723. The van der Waals surface area contributed by atoms with Gasteiger partial charge >= 0.3 is 5.69 Å². The lowest BCUT2D eigenvalue weighted by atomic mass is 10.2. The Morgan fingerprint density at radius 3 is 2.58 bits per heavy atom. The fourth-order valence-electron chi connectivity index (χ4n) is 1.88. The number of fused-ring (bicyclic) bond motifs is 1. The molecule has 2 aromatic heterocycles. The first-order chi connectivity index (χ1) is 9.25. The minimum atomic E-state index is -0.484. The standard InChI is InChI=1S/C13H10N4O2/c18-12-10-11(15-7-6-14-10)16-13(19)17(12)8-9-4-2-1-3-5-9/h1-7H,8H2,(H,15,16,19). The molecule has 6 heteroatoms. The molecule has 0 radical (unpaired) electrons. The Bertz CT molecular complexity index is 836. The minimum absolute atomic E-state index is 0.165. The summed E-state index contributed by atoms with van der Waals surface area (Å²) in [6, 6.07) is 9.30. The first-order valence-corrected chi connectivity index (χ1v) is 5.73. The molecule has 1 N–H and O–H groups in total. The average Bonchev–Trinajstić information content (AvgIpc) is 2.45. The topological polar surface area (TPSA) is 80.6 Å². The number of aromatic nitrogens is 4. The van der Waals surface area contributed by atoms with Crippen LogP contribution in [0.2, 0.25) is 0 Å². The number of rotatable bonds is 2. The van der Waals surface area contributed by atoms with Crippen LogP contribution in [0.5, 0.6) is 0 Å². The van der Waals surface area contributed by atoms with E-state index in [1.54, 1.807) is 0 Å². The van der Waals surface area contributed by atoms with Crippen LogP contribution in [0.1, 0.15) is 5.56 Å². The second-order valence-electron chi connectivity index (χ2n) is 4.06. The number of nitrogens with zero attached hydrogens (tertiary/aromatic N) is 3. The van der Waals surface area contributed by atoms with E-state index in [1.165, 1.54) is 12.4 Å². The summed E-state index contributed by atoms with van der Waals surface area (Å²) < 4.78 is 1.12. The van der Waals surface area contributed by atoms with Gasteiger partial charge in [0.1, 0.15) is 0 Å². The molecule has 6 nitrogen and oxygen atoms in total. The van der Waals surface area contributed by atoms with Crippen LogP contribution in [0.25, 0.3) is 11.2 Å². The van der Waals surface area contributed by atoms with Crippen molar-refractivity contribution >= 4 is 11.2 Å². The number of hydrogen-bond acceptors (Lipinski definition) is 4. The Hall–Kier alpha value is -2.76. The van der Waals surface area contributed by atoms with E-state index >= 15 is 0 Å². The third kappa shape index (κ3) is 2.03. The van der Waals surface area contributed by atoms with Crippen LogP contribution in [0, 0.1) is 0 Å². The molecule has 94 valence electrons. The first-order valence-electron chi connectivity index (χ1n) is 5.73. The minimum Gasteiger partial charge on any atom is -0.290 e. The van der Waals surface area contributed by atoms with Gasteiger partial charge in [-0.1, -0.05) is 30.3 Å². The molecule has 0 fully saturated rings. The van der Waals surface area contributed by atoms with Crippen LogP contribution in [-0.2, 0) is 6.54 Å². The summed E-state index contributed by atoms with van der Waals surface area (Å²) in [4.78, 5) is 34.5. The van der Waals surface area contributed by atoms with Crippen molar-refractivity contribution in [3.63, 3.8) is 0 Å². The van der Waals surface area contributed by atoms with Crippen LogP contribution < -0.4 is 11.2 Å². The van der Waals surface area contributed by atoms with Crippen LogP contribution in [0.4, 0.5) is 0 Å². The summed E-state index contributed by atoms with van der Waals surface area (Å²) in [5.74, 6) is 0. The number of nitrogens with one attached hydrogen (secondary N) is 1. The maximum atomic E-state index is 12.2. The Morgan fingerprint density at radius 1 is 1.05 bits per heavy atom. The first kappa shape index (κ1) is 11.3. The second-order valence-corrected chi connectivity index (χ2v) is 4.06. The van der Waals surface area contributed by atoms with Gasteiger partial charge in [0.05, 0.1) is 6.54 Å². The van der Waals surface area contributed by atoms with E-state index in [0.717, 1.165) is 10.1 Å². The van der Waals surface area contributed by atoms with E-state index in [1.807, 2.05) is 30.3 Å². The van der Waals surface area contributed by atoms with Crippen molar-refractivity contribution in [2.75, 3.05) is 0 Å². The molecule has 0 saturated heterocycles. The summed E-state index contributed by atoms with van der Waals surface area (Å²) >= 11 is 0. The van der Waals surface area contributed by atoms with Gasteiger partial charge < -0.3 is 0 Å². The van der Waals surface area contributed by atoms with Gasteiger partial charge in [-0.3, -0.25) is 14.3 Å². The van der Waals surface area contributed by atoms with Crippen LogP contribution >= 0.6 is 0 Å². The summed E-state index contributed by atoms with van der Waals surface area (Å²) in [6.07, 6.45) is 2.86. The maximum Gasteiger partial charge on any atom is 0.330 e. The van der Waals surface area contributed by atoms with Crippen molar-refractivity contribution in [2.45, 2.75) is 6.54 Å². The predicted molar refractivity (Wildman–Crippen MR) is 70.0 cm³/mol. The lowest BCUT2D eigenvalue weighted by molar-refractivity contribution is 0.707. The molecule has 3 aromatic rings. The predicted octanol–water partition coefficient (Wildman–Crippen LogP) is 0.528. The highest BCUT2D eigenvalue weighted by molar-refractivity contribution is 5.66. The van der Waals surface area contributed by atoms with Crippen molar-refractivity contribution in [2.24, 2.45) is 0 Å². The molecule has 0 saturated carbocycles. The third-order valence-electron chi connectivity index (χ3n) is 2.80. The molecule has 0 bridgehead atoms. The molecule has 0 atom stereocenters. The van der Waals surface area contributed by atoms with Crippen LogP contribution in [0.15, 0.2) is 52.3 Å². The molecular weight excluding hydrogens is 244 g/mol. The Morgan fingerprint density at radius 2 is 1.79 bits per heavy atom. The van der Waals surface area contributed by atoms with E-state index in [4.69, 9.17) is 0 Å². The number of aromatic amines is 1. The maximum absolute atomic E-state index is 12.2. The molecule has 0 amide bonds. The summed E-state index contributed by atoms with van der Waals surface area (Å²) in [5.41, 5.74) is 0.329. The van der Waals surface area contributed by atoms with Gasteiger partial charge in [-0.25, -0.2) is 14.8 Å². The highest BCUT2D eigenvalue weighted by Crippen LogP contribution is 2.00. The molecule has 0 aliphatic heterocycles. The number of H-pyrrole nitrogens is 1. The summed E-state index contributed by atoms with van der Waals surface area (Å²) in [6.45, 7) is 0.210. The van der Waals surface area contributed by atoms with Crippen LogP contribution in [0.3, 0.4) is 0 Å². The molecular formula is C13H10N4O2. The molecule has 0 aliphatic rings. The van der Waals surface area contributed by atoms with E-state index < -0.39 is 11.2 Å². The lowest BCUT2D eigenvalue weighted by Crippen LogP contribution is -2.36. The Labute approximate surface area is 107 Å². The van der Waals surface area contributed by atoms with Crippen LogP contribution in [-0.4, -0.2) is 19.5 Å². The van der Waals surface area contributed by atoms with E-state index in [-0.39, 0.29) is 17.7 Å². The van der Waals surface area contributed by atoms with Crippen molar-refractivity contribution < 1.29 is 0 Å². The van der Waals surface area contributed by atoms with Crippen molar-refractivity contribution in [3.8, 4) is 0 Å². The van der Waals surface area contributed by atoms with Gasteiger partial charge in [0.2, 0.25) is 0 Å². The summed E-state index contributed by atoms with van der Waals surface area (Å²) in [5, 5.41) is 0. The SMILES string of the molecule is O=c1[nH]c2nccnc2c(=O)n1Cc1ccccc1. The van der Waals surface area contributed by atoms with E-state index in [2.05, 4.69) is 15.0 Å². The van der Waals surface area contributed by atoms with Gasteiger partial charge in [0.15, 0.2) is 11.2 Å². The Kier molecular flexibility index (Phi) is 2.68. The third-order valence-corrected chi connectivity index (χ3v) is 2.80. The molecule has 0 spiro atoms. The smallest absolute Gasteiger partial charge is 0.290 e. The largest absolute Gasteiger partial charge is 0.330 e. The highest BCUT2D eigenvalue weighted by Gasteiger charge is 2.09. The van der Waals surface area contributed by atoms with E-state index in [9.17, 15) is 9.59 Å². The second kappa shape index (κ2) is 4.49. The zero-order valence-corrected chi connectivity index (χ0v) is 9.91. The molecule has 19 heavy (non-hydrogen) atoms. The normalized spacial score (nSPS) is 10.7. The van der Waals surface area contributed by atoms with Gasteiger partial charge in [-0.05, 0) is 5.56 Å². The fourth-order valence-corrected chi connectivity index (χ4v) is 1.88.